The zero-order valence-electron chi connectivity index (χ0n) is 11.3. The molecule has 3 rings (SSSR count). The van der Waals surface area contributed by atoms with Crippen molar-refractivity contribution in [3.8, 4) is 0 Å². The maximum Gasteiger partial charge on any atom is 0.250 e. The molecule has 1 amide bonds. The molecule has 0 bridgehead atoms. The Labute approximate surface area is 131 Å². The van der Waals surface area contributed by atoms with E-state index in [1.165, 1.54) is 0 Å². The monoisotopic (exact) mass is 346 g/mol. The number of para-hydroxylation sites is 1. The van der Waals surface area contributed by atoms with Gasteiger partial charge < -0.3 is 15.8 Å². The Morgan fingerprint density at radius 2 is 1.90 bits per heavy atom. The smallest absolute Gasteiger partial charge is 0.250 e. The minimum Gasteiger partial charge on any atom is -0.373 e. The predicted octanol–water partition coefficient (Wildman–Crippen LogP) is 2.77. The van der Waals surface area contributed by atoms with Crippen molar-refractivity contribution in [2.75, 3.05) is 11.9 Å². The van der Waals surface area contributed by atoms with Crippen LogP contribution in [0.1, 0.15) is 11.1 Å². The van der Waals surface area contributed by atoms with Gasteiger partial charge in [-0.15, -0.1) is 0 Å². The van der Waals surface area contributed by atoms with E-state index in [0.717, 1.165) is 21.3 Å². The lowest BCUT2D eigenvalue weighted by atomic mass is 9.84. The summed E-state index contributed by atoms with van der Waals surface area (Å²) in [4.78, 5) is 12.2. The van der Waals surface area contributed by atoms with Crippen molar-refractivity contribution in [1.82, 2.24) is 0 Å². The number of carbonyl (C=O) groups is 1. The average Bonchev–Trinajstić information content (AvgIpc) is 2.49. The summed E-state index contributed by atoms with van der Waals surface area (Å²) in [6.07, 6.45) is 0. The molecule has 5 heteroatoms. The number of halogens is 1. The molecule has 1 unspecified atom stereocenters. The molecule has 0 fully saturated rings. The van der Waals surface area contributed by atoms with Crippen LogP contribution in [0.3, 0.4) is 0 Å². The average molecular weight is 347 g/mol. The van der Waals surface area contributed by atoms with Gasteiger partial charge in [-0.3, -0.25) is 4.79 Å². The Kier molecular flexibility index (Phi) is 3.69. The van der Waals surface area contributed by atoms with Gasteiger partial charge in [0.25, 0.3) is 0 Å². The quantitative estimate of drug-likeness (QED) is 0.897. The number of primary amides is 1. The highest BCUT2D eigenvalue weighted by Gasteiger charge is 2.43. The van der Waals surface area contributed by atoms with Crippen molar-refractivity contribution in [3.63, 3.8) is 0 Å². The SMILES string of the molecule is NC(=O)C1(Nc2ccccc2Br)COCc2ccccc21. The third-order valence-corrected chi connectivity index (χ3v) is 4.39. The van der Waals surface area contributed by atoms with Crippen molar-refractivity contribution in [2.45, 2.75) is 12.1 Å². The largest absolute Gasteiger partial charge is 0.373 e. The molecular weight excluding hydrogens is 332 g/mol. The molecule has 0 aromatic heterocycles. The molecule has 1 atom stereocenters. The van der Waals surface area contributed by atoms with Gasteiger partial charge in [0.05, 0.1) is 13.2 Å². The van der Waals surface area contributed by atoms with Crippen molar-refractivity contribution in [2.24, 2.45) is 5.73 Å². The summed E-state index contributed by atoms with van der Waals surface area (Å²) in [6, 6.07) is 15.3. The molecule has 2 aromatic rings. The van der Waals surface area contributed by atoms with E-state index in [1.807, 2.05) is 48.5 Å². The van der Waals surface area contributed by atoms with E-state index in [2.05, 4.69) is 21.2 Å². The highest BCUT2D eigenvalue weighted by Crippen LogP contribution is 2.35. The van der Waals surface area contributed by atoms with E-state index in [0.29, 0.717) is 6.61 Å². The Hall–Kier alpha value is -1.85. The number of hydrogen-bond donors (Lipinski definition) is 2. The fraction of sp³-hybridized carbons (Fsp3) is 0.188. The van der Waals surface area contributed by atoms with Crippen LogP contribution in [0.5, 0.6) is 0 Å². The van der Waals surface area contributed by atoms with Crippen molar-refractivity contribution < 1.29 is 9.53 Å². The molecule has 4 nitrogen and oxygen atoms in total. The molecule has 0 aliphatic carbocycles. The van der Waals surface area contributed by atoms with E-state index >= 15 is 0 Å². The molecule has 1 aliphatic heterocycles. The van der Waals surface area contributed by atoms with Crippen LogP contribution in [0.4, 0.5) is 5.69 Å². The number of amides is 1. The topological polar surface area (TPSA) is 64.4 Å². The van der Waals surface area contributed by atoms with Gasteiger partial charge in [0.15, 0.2) is 5.54 Å². The zero-order chi connectivity index (χ0) is 14.9. The molecule has 3 N–H and O–H groups in total. The molecule has 0 saturated carbocycles. The summed E-state index contributed by atoms with van der Waals surface area (Å²) in [6.45, 7) is 0.698. The van der Waals surface area contributed by atoms with E-state index in [4.69, 9.17) is 10.5 Å². The number of carbonyl (C=O) groups excluding carboxylic acids is 1. The van der Waals surface area contributed by atoms with Gasteiger partial charge in [-0.2, -0.15) is 0 Å². The molecule has 1 heterocycles. The van der Waals surface area contributed by atoms with Crippen LogP contribution in [0, 0.1) is 0 Å². The lowest BCUT2D eigenvalue weighted by Crippen LogP contribution is -2.53. The first kappa shape index (κ1) is 14.1. The molecule has 0 radical (unpaired) electrons. The lowest BCUT2D eigenvalue weighted by Gasteiger charge is -2.37. The first-order valence-electron chi connectivity index (χ1n) is 6.62. The Bertz CT molecular complexity index is 689. The molecule has 0 saturated heterocycles. The maximum absolute atomic E-state index is 12.2. The highest BCUT2D eigenvalue weighted by molar-refractivity contribution is 9.10. The van der Waals surface area contributed by atoms with Gasteiger partial charge in [-0.25, -0.2) is 0 Å². The number of benzene rings is 2. The molecule has 108 valence electrons. The van der Waals surface area contributed by atoms with Crippen LogP contribution in [0.15, 0.2) is 53.0 Å². The summed E-state index contributed by atoms with van der Waals surface area (Å²) in [5.74, 6) is -0.453. The lowest BCUT2D eigenvalue weighted by molar-refractivity contribution is -0.125. The number of hydrogen-bond acceptors (Lipinski definition) is 3. The van der Waals surface area contributed by atoms with Crippen LogP contribution in [0.2, 0.25) is 0 Å². The van der Waals surface area contributed by atoms with E-state index < -0.39 is 11.4 Å². The normalized spacial score (nSPS) is 20.6. The van der Waals surface area contributed by atoms with E-state index in [9.17, 15) is 4.79 Å². The summed E-state index contributed by atoms with van der Waals surface area (Å²) in [7, 11) is 0. The second-order valence-electron chi connectivity index (χ2n) is 5.02. The van der Waals surface area contributed by atoms with Crippen LogP contribution < -0.4 is 11.1 Å². The Morgan fingerprint density at radius 1 is 1.19 bits per heavy atom. The van der Waals surface area contributed by atoms with Crippen LogP contribution in [-0.4, -0.2) is 12.5 Å². The number of fused-ring (bicyclic) bond motifs is 1. The molecule has 21 heavy (non-hydrogen) atoms. The van der Waals surface area contributed by atoms with Crippen molar-refractivity contribution in [1.29, 1.82) is 0 Å². The summed E-state index contributed by atoms with van der Waals surface area (Å²) in [5, 5.41) is 3.27. The van der Waals surface area contributed by atoms with Gasteiger partial charge in [-0.1, -0.05) is 36.4 Å². The van der Waals surface area contributed by atoms with Gasteiger partial charge in [0, 0.05) is 10.2 Å². The minimum atomic E-state index is -1.06. The number of nitrogens with one attached hydrogen (secondary N) is 1. The fourth-order valence-electron chi connectivity index (χ4n) is 2.62. The minimum absolute atomic E-state index is 0.209. The molecule has 0 spiro atoms. The van der Waals surface area contributed by atoms with Crippen molar-refractivity contribution in [3.05, 3.63) is 64.1 Å². The predicted molar refractivity (Wildman–Crippen MR) is 84.7 cm³/mol. The Balaban J connectivity index is 2.11. The van der Waals surface area contributed by atoms with Crippen LogP contribution in [0.25, 0.3) is 0 Å². The van der Waals surface area contributed by atoms with Gasteiger partial charge >= 0.3 is 0 Å². The number of rotatable bonds is 3. The fourth-order valence-corrected chi connectivity index (χ4v) is 3.00. The van der Waals surface area contributed by atoms with Gasteiger partial charge in [0.1, 0.15) is 0 Å². The van der Waals surface area contributed by atoms with Crippen LogP contribution >= 0.6 is 15.9 Å². The zero-order valence-corrected chi connectivity index (χ0v) is 12.9. The van der Waals surface area contributed by atoms with Gasteiger partial charge in [0.2, 0.25) is 5.91 Å². The second kappa shape index (κ2) is 5.50. The number of ether oxygens (including phenoxy) is 1. The summed E-state index contributed by atoms with van der Waals surface area (Å²) < 4.78 is 6.48. The third-order valence-electron chi connectivity index (χ3n) is 3.70. The van der Waals surface area contributed by atoms with Crippen molar-refractivity contribution >= 4 is 27.5 Å². The first-order chi connectivity index (χ1) is 10.1. The standard InChI is InChI=1S/C16H15BrN2O2/c17-13-7-3-4-8-14(13)19-16(15(18)20)10-21-9-11-5-1-2-6-12(11)16/h1-8,19H,9-10H2,(H2,18,20). The Morgan fingerprint density at radius 3 is 2.67 bits per heavy atom. The third kappa shape index (κ3) is 2.43. The van der Waals surface area contributed by atoms with E-state index in [-0.39, 0.29) is 6.61 Å². The molecule has 1 aliphatic rings. The number of anilines is 1. The number of nitrogens with two attached hydrogens (primary N) is 1. The molecule has 2 aromatic carbocycles. The van der Waals surface area contributed by atoms with Gasteiger partial charge in [-0.05, 0) is 39.2 Å². The van der Waals surface area contributed by atoms with E-state index in [1.54, 1.807) is 0 Å². The maximum atomic E-state index is 12.2. The van der Waals surface area contributed by atoms with Crippen LogP contribution in [-0.2, 0) is 21.7 Å². The summed E-state index contributed by atoms with van der Waals surface area (Å²) >= 11 is 3.48. The summed E-state index contributed by atoms with van der Waals surface area (Å²) in [5.41, 5.74) is 7.31. The second-order valence-corrected chi connectivity index (χ2v) is 5.88. The molecular formula is C16H15BrN2O2. The first-order valence-corrected chi connectivity index (χ1v) is 7.41. The highest BCUT2D eigenvalue weighted by atomic mass is 79.9.